The average Bonchev–Trinajstić information content (AvgIpc) is 2.01. The van der Waals surface area contributed by atoms with Crippen LogP contribution in [0.5, 0.6) is 0 Å². The van der Waals surface area contributed by atoms with Gasteiger partial charge in [0.15, 0.2) is 0 Å². The molecule has 1 fully saturated rings. The molecule has 1 aliphatic rings. The molecule has 0 nitrogen and oxygen atoms in total. The summed E-state index contributed by atoms with van der Waals surface area (Å²) in [6, 6.07) is 0. The smallest absolute Gasteiger partial charge is 0.0307 e. The van der Waals surface area contributed by atoms with E-state index in [1.165, 1.54) is 38.5 Å². The van der Waals surface area contributed by atoms with Crippen LogP contribution in [0, 0.1) is 11.8 Å². The fourth-order valence-electron chi connectivity index (χ4n) is 2.29. The molecule has 0 bridgehead atoms. The fraction of sp³-hybridized carbons (Fsp3) is 1.00. The Hall–Kier alpha value is 0.290. The van der Waals surface area contributed by atoms with Gasteiger partial charge in [-0.3, -0.25) is 0 Å². The predicted molar refractivity (Wildman–Crippen MR) is 55.7 cm³/mol. The lowest BCUT2D eigenvalue weighted by molar-refractivity contribution is 0.266. The van der Waals surface area contributed by atoms with Gasteiger partial charge in [-0.25, -0.2) is 0 Å². The van der Waals surface area contributed by atoms with Crippen LogP contribution in [0.2, 0.25) is 0 Å². The molecule has 0 heterocycles. The van der Waals surface area contributed by atoms with E-state index < -0.39 is 0 Å². The van der Waals surface area contributed by atoms with Crippen molar-refractivity contribution in [3.63, 3.8) is 0 Å². The fourth-order valence-corrected chi connectivity index (χ4v) is 2.41. The van der Waals surface area contributed by atoms with E-state index in [1.54, 1.807) is 0 Å². The van der Waals surface area contributed by atoms with E-state index in [4.69, 9.17) is 11.6 Å². The third-order valence-electron chi connectivity index (χ3n) is 3.02. The highest BCUT2D eigenvalue weighted by molar-refractivity contribution is 6.20. The number of rotatable bonds is 3. The van der Waals surface area contributed by atoms with Crippen molar-refractivity contribution in [2.45, 2.75) is 57.7 Å². The Morgan fingerprint density at radius 2 is 2.17 bits per heavy atom. The molecule has 0 aromatic carbocycles. The second-order valence-electron chi connectivity index (χ2n) is 4.50. The van der Waals surface area contributed by atoms with Crippen LogP contribution >= 0.6 is 11.6 Å². The molecule has 0 spiro atoms. The van der Waals surface area contributed by atoms with Gasteiger partial charge < -0.3 is 0 Å². The van der Waals surface area contributed by atoms with Crippen LogP contribution < -0.4 is 0 Å². The van der Waals surface area contributed by atoms with Crippen LogP contribution in [0.15, 0.2) is 0 Å². The Bertz CT molecular complexity index is 120. The van der Waals surface area contributed by atoms with Gasteiger partial charge in [0.2, 0.25) is 0 Å². The lowest BCUT2D eigenvalue weighted by Crippen LogP contribution is -2.14. The Kier molecular flexibility index (Phi) is 4.42. The second-order valence-corrected chi connectivity index (χ2v) is 5.24. The molecule has 3 atom stereocenters. The molecule has 0 N–H and O–H groups in total. The number of hydrogen-bond donors (Lipinski definition) is 0. The van der Waals surface area contributed by atoms with E-state index in [0.717, 1.165) is 11.8 Å². The summed E-state index contributed by atoms with van der Waals surface area (Å²) < 4.78 is 0. The highest BCUT2D eigenvalue weighted by Gasteiger charge is 2.18. The number of hydrogen-bond acceptors (Lipinski definition) is 0. The minimum absolute atomic E-state index is 0.377. The molecule has 1 saturated carbocycles. The highest BCUT2D eigenvalue weighted by Crippen LogP contribution is 2.31. The lowest BCUT2D eigenvalue weighted by Gasteiger charge is -2.26. The molecule has 0 radical (unpaired) electrons. The van der Waals surface area contributed by atoms with Crippen molar-refractivity contribution in [1.82, 2.24) is 0 Å². The van der Waals surface area contributed by atoms with Gasteiger partial charge in [0, 0.05) is 5.38 Å². The molecule has 1 aliphatic carbocycles. The van der Waals surface area contributed by atoms with Gasteiger partial charge in [0.05, 0.1) is 0 Å². The van der Waals surface area contributed by atoms with Gasteiger partial charge in [0.25, 0.3) is 0 Å². The normalized spacial score (nSPS) is 33.2. The first-order valence-corrected chi connectivity index (χ1v) is 5.76. The molecule has 72 valence electrons. The molecular weight excluding hydrogens is 168 g/mol. The Morgan fingerprint density at radius 3 is 2.75 bits per heavy atom. The third kappa shape index (κ3) is 3.80. The summed E-state index contributed by atoms with van der Waals surface area (Å²) in [6.45, 7) is 4.49. The van der Waals surface area contributed by atoms with Crippen molar-refractivity contribution in [2.75, 3.05) is 0 Å². The molecule has 0 aromatic rings. The summed E-state index contributed by atoms with van der Waals surface area (Å²) in [7, 11) is 0. The minimum Gasteiger partial charge on any atom is -0.123 e. The van der Waals surface area contributed by atoms with Crippen molar-refractivity contribution in [1.29, 1.82) is 0 Å². The highest BCUT2D eigenvalue weighted by atomic mass is 35.5. The summed E-state index contributed by atoms with van der Waals surface area (Å²) in [5.41, 5.74) is 0. The Morgan fingerprint density at radius 1 is 1.42 bits per heavy atom. The van der Waals surface area contributed by atoms with Crippen LogP contribution in [0.25, 0.3) is 0 Å². The van der Waals surface area contributed by atoms with E-state index in [2.05, 4.69) is 13.8 Å². The van der Waals surface area contributed by atoms with Gasteiger partial charge in [-0.15, -0.1) is 11.6 Å². The first-order valence-electron chi connectivity index (χ1n) is 5.32. The first-order chi connectivity index (χ1) is 5.68. The Balaban J connectivity index is 2.14. The standard InChI is InChI=1S/C11H21Cl/c1-9-4-3-5-11(8-9)7-6-10(2)12/h9-11H,3-8H2,1-2H3. The van der Waals surface area contributed by atoms with Gasteiger partial charge in [-0.1, -0.05) is 26.2 Å². The molecule has 0 amide bonds. The van der Waals surface area contributed by atoms with E-state index >= 15 is 0 Å². The maximum Gasteiger partial charge on any atom is 0.0307 e. The van der Waals surface area contributed by atoms with Crippen molar-refractivity contribution >= 4 is 11.6 Å². The molecule has 1 rings (SSSR count). The minimum atomic E-state index is 0.377. The van der Waals surface area contributed by atoms with Gasteiger partial charge >= 0.3 is 0 Å². The maximum absolute atomic E-state index is 5.93. The van der Waals surface area contributed by atoms with Crippen LogP contribution in [0.4, 0.5) is 0 Å². The zero-order valence-electron chi connectivity index (χ0n) is 8.35. The lowest BCUT2D eigenvalue weighted by atomic mass is 9.80. The van der Waals surface area contributed by atoms with Crippen molar-refractivity contribution in [3.05, 3.63) is 0 Å². The quantitative estimate of drug-likeness (QED) is 0.582. The average molecular weight is 189 g/mol. The zero-order valence-corrected chi connectivity index (χ0v) is 9.11. The topological polar surface area (TPSA) is 0 Å². The molecule has 3 unspecified atom stereocenters. The summed E-state index contributed by atoms with van der Waals surface area (Å²) >= 11 is 5.93. The van der Waals surface area contributed by atoms with Crippen molar-refractivity contribution in [3.8, 4) is 0 Å². The Labute approximate surface area is 81.7 Å². The monoisotopic (exact) mass is 188 g/mol. The van der Waals surface area contributed by atoms with E-state index in [-0.39, 0.29) is 0 Å². The largest absolute Gasteiger partial charge is 0.123 e. The van der Waals surface area contributed by atoms with Crippen LogP contribution in [0.1, 0.15) is 52.4 Å². The van der Waals surface area contributed by atoms with Gasteiger partial charge in [-0.05, 0) is 38.0 Å². The molecule has 0 aromatic heterocycles. The van der Waals surface area contributed by atoms with E-state index in [0.29, 0.717) is 5.38 Å². The summed E-state index contributed by atoms with van der Waals surface area (Å²) in [5, 5.41) is 0.377. The summed E-state index contributed by atoms with van der Waals surface area (Å²) in [4.78, 5) is 0. The molecular formula is C11H21Cl. The number of alkyl halides is 1. The van der Waals surface area contributed by atoms with Crippen LogP contribution in [-0.4, -0.2) is 5.38 Å². The molecule has 12 heavy (non-hydrogen) atoms. The van der Waals surface area contributed by atoms with Gasteiger partial charge in [0.1, 0.15) is 0 Å². The summed E-state index contributed by atoms with van der Waals surface area (Å²) in [6.07, 6.45) is 8.36. The van der Waals surface area contributed by atoms with Gasteiger partial charge in [-0.2, -0.15) is 0 Å². The third-order valence-corrected chi connectivity index (χ3v) is 3.24. The SMILES string of the molecule is CC(Cl)CCC1CCCC(C)C1. The van der Waals surface area contributed by atoms with Crippen molar-refractivity contribution < 1.29 is 0 Å². The summed E-state index contributed by atoms with van der Waals surface area (Å²) in [5.74, 6) is 1.95. The number of halogens is 1. The predicted octanol–water partition coefficient (Wildman–Crippen LogP) is 4.22. The van der Waals surface area contributed by atoms with E-state index in [1.807, 2.05) is 0 Å². The first kappa shape index (κ1) is 10.4. The zero-order chi connectivity index (χ0) is 8.97. The molecule has 0 saturated heterocycles. The van der Waals surface area contributed by atoms with Crippen molar-refractivity contribution in [2.24, 2.45) is 11.8 Å². The van der Waals surface area contributed by atoms with E-state index in [9.17, 15) is 0 Å². The van der Waals surface area contributed by atoms with Crippen LogP contribution in [-0.2, 0) is 0 Å². The molecule has 0 aliphatic heterocycles. The molecule has 1 heteroatoms. The van der Waals surface area contributed by atoms with Crippen LogP contribution in [0.3, 0.4) is 0 Å². The second kappa shape index (κ2) is 5.11. The maximum atomic E-state index is 5.93.